The summed E-state index contributed by atoms with van der Waals surface area (Å²) in [6.07, 6.45) is 1.75. The van der Waals surface area contributed by atoms with Gasteiger partial charge >= 0.3 is 0 Å². The van der Waals surface area contributed by atoms with Crippen LogP contribution in [0.5, 0.6) is 0 Å². The van der Waals surface area contributed by atoms with Crippen LogP contribution in [0.4, 0.5) is 0 Å². The second kappa shape index (κ2) is 9.24. The summed E-state index contributed by atoms with van der Waals surface area (Å²) in [6, 6.07) is 12.0. The van der Waals surface area contributed by atoms with Crippen LogP contribution in [0.25, 0.3) is 0 Å². The molecular formula is C20H28N4O. The molecule has 1 heterocycles. The molecule has 25 heavy (non-hydrogen) atoms. The molecule has 0 aromatic heterocycles. The first-order valence-corrected chi connectivity index (χ1v) is 8.98. The van der Waals surface area contributed by atoms with Crippen LogP contribution < -0.4 is 0 Å². The van der Waals surface area contributed by atoms with E-state index in [4.69, 9.17) is 0 Å². The van der Waals surface area contributed by atoms with Crippen molar-refractivity contribution in [1.82, 2.24) is 14.7 Å². The molecule has 5 heteroatoms. The molecule has 134 valence electrons. The Morgan fingerprint density at radius 2 is 1.88 bits per heavy atom. The third-order valence-electron chi connectivity index (χ3n) is 4.60. The fourth-order valence-corrected chi connectivity index (χ4v) is 2.95. The molecular weight excluding hydrogens is 312 g/mol. The summed E-state index contributed by atoms with van der Waals surface area (Å²) in [5, 5.41) is 9.52. The molecule has 1 amide bonds. The van der Waals surface area contributed by atoms with Gasteiger partial charge in [-0.05, 0) is 26.0 Å². The van der Waals surface area contributed by atoms with Crippen molar-refractivity contribution in [2.75, 3.05) is 32.7 Å². The monoisotopic (exact) mass is 340 g/mol. The van der Waals surface area contributed by atoms with E-state index in [2.05, 4.69) is 22.8 Å². The van der Waals surface area contributed by atoms with E-state index in [0.29, 0.717) is 6.54 Å². The number of nitriles is 1. The van der Waals surface area contributed by atoms with Gasteiger partial charge < -0.3 is 14.7 Å². The molecule has 1 aliphatic rings. The smallest absolute Gasteiger partial charge is 0.266 e. The largest absolute Gasteiger partial charge is 0.374 e. The van der Waals surface area contributed by atoms with Gasteiger partial charge in [-0.2, -0.15) is 5.26 Å². The van der Waals surface area contributed by atoms with E-state index in [9.17, 15) is 10.1 Å². The summed E-state index contributed by atoms with van der Waals surface area (Å²) in [7, 11) is 0. The highest BCUT2D eigenvalue weighted by atomic mass is 16.2. The summed E-state index contributed by atoms with van der Waals surface area (Å²) in [6.45, 7) is 11.3. The van der Waals surface area contributed by atoms with E-state index in [-0.39, 0.29) is 17.5 Å². The SMILES string of the molecule is CCN1CCN(/C=C(/C#N)C(=O)N(Cc2ccccc2)C(C)C)CC1. The minimum absolute atomic E-state index is 0.0291. The third-order valence-corrected chi connectivity index (χ3v) is 4.60. The fourth-order valence-electron chi connectivity index (χ4n) is 2.95. The first-order chi connectivity index (χ1) is 12.0. The number of nitrogens with zero attached hydrogens (tertiary/aromatic N) is 4. The van der Waals surface area contributed by atoms with Crippen LogP contribution in [0, 0.1) is 11.3 Å². The van der Waals surface area contributed by atoms with Crippen LogP contribution in [0.1, 0.15) is 26.3 Å². The molecule has 2 rings (SSSR count). The third kappa shape index (κ3) is 5.33. The Bertz CT molecular complexity index is 625. The van der Waals surface area contributed by atoms with Crippen molar-refractivity contribution in [2.45, 2.75) is 33.4 Å². The number of hydrogen-bond donors (Lipinski definition) is 0. The number of amides is 1. The highest BCUT2D eigenvalue weighted by Crippen LogP contribution is 2.13. The molecule has 1 aromatic carbocycles. The molecule has 1 aliphatic heterocycles. The molecule has 0 spiro atoms. The van der Waals surface area contributed by atoms with Gasteiger partial charge in [-0.3, -0.25) is 4.79 Å². The van der Waals surface area contributed by atoms with Crippen molar-refractivity contribution in [3.8, 4) is 6.07 Å². The van der Waals surface area contributed by atoms with Crippen molar-refractivity contribution in [3.63, 3.8) is 0 Å². The molecule has 0 aliphatic carbocycles. The van der Waals surface area contributed by atoms with Crippen LogP contribution in [-0.4, -0.2) is 59.4 Å². The van der Waals surface area contributed by atoms with Crippen molar-refractivity contribution < 1.29 is 4.79 Å². The molecule has 5 nitrogen and oxygen atoms in total. The van der Waals surface area contributed by atoms with E-state index in [0.717, 1.165) is 38.3 Å². The lowest BCUT2D eigenvalue weighted by Crippen LogP contribution is -2.44. The first kappa shape index (κ1) is 19.0. The van der Waals surface area contributed by atoms with Gasteiger partial charge in [0.15, 0.2) is 0 Å². The lowest BCUT2D eigenvalue weighted by molar-refractivity contribution is -0.129. The molecule has 1 saturated heterocycles. The highest BCUT2D eigenvalue weighted by Gasteiger charge is 2.23. The summed E-state index contributed by atoms with van der Waals surface area (Å²) < 4.78 is 0. The number of piperazine rings is 1. The average Bonchev–Trinajstić information content (AvgIpc) is 2.64. The molecule has 1 fully saturated rings. The number of rotatable bonds is 6. The first-order valence-electron chi connectivity index (χ1n) is 8.98. The van der Waals surface area contributed by atoms with Gasteiger partial charge in [0, 0.05) is 45.0 Å². The van der Waals surface area contributed by atoms with Gasteiger partial charge in [-0.25, -0.2) is 0 Å². The Balaban J connectivity index is 2.10. The molecule has 1 aromatic rings. The number of likely N-dealkylation sites (N-methyl/N-ethyl adjacent to an activating group) is 1. The molecule has 0 radical (unpaired) electrons. The minimum Gasteiger partial charge on any atom is -0.374 e. The number of benzene rings is 1. The fraction of sp³-hybridized carbons (Fsp3) is 0.500. The van der Waals surface area contributed by atoms with E-state index in [1.165, 1.54) is 0 Å². The van der Waals surface area contributed by atoms with Crippen LogP contribution in [-0.2, 0) is 11.3 Å². The van der Waals surface area contributed by atoms with E-state index in [1.807, 2.05) is 44.2 Å². The summed E-state index contributed by atoms with van der Waals surface area (Å²) >= 11 is 0. The lowest BCUT2D eigenvalue weighted by Gasteiger charge is -2.34. The zero-order valence-corrected chi connectivity index (χ0v) is 15.5. The number of carbonyl (C=O) groups is 1. The van der Waals surface area contributed by atoms with Gasteiger partial charge in [-0.1, -0.05) is 37.3 Å². The van der Waals surface area contributed by atoms with Crippen molar-refractivity contribution in [1.29, 1.82) is 5.26 Å². The maximum Gasteiger partial charge on any atom is 0.266 e. The van der Waals surface area contributed by atoms with Crippen molar-refractivity contribution in [3.05, 3.63) is 47.7 Å². The Labute approximate surface area is 151 Å². The quantitative estimate of drug-likeness (QED) is 0.590. The lowest BCUT2D eigenvalue weighted by atomic mass is 10.1. The highest BCUT2D eigenvalue weighted by molar-refractivity contribution is 5.97. The van der Waals surface area contributed by atoms with Gasteiger partial charge in [0.25, 0.3) is 5.91 Å². The molecule has 0 atom stereocenters. The average molecular weight is 340 g/mol. The van der Waals surface area contributed by atoms with E-state index in [1.54, 1.807) is 11.1 Å². The Kier molecular flexibility index (Phi) is 7.03. The maximum absolute atomic E-state index is 12.9. The van der Waals surface area contributed by atoms with Gasteiger partial charge in [0.1, 0.15) is 11.6 Å². The molecule has 0 N–H and O–H groups in total. The molecule has 0 unspecified atom stereocenters. The van der Waals surface area contributed by atoms with Crippen molar-refractivity contribution >= 4 is 5.91 Å². The number of hydrogen-bond acceptors (Lipinski definition) is 4. The normalized spacial score (nSPS) is 16.0. The summed E-state index contributed by atoms with van der Waals surface area (Å²) in [4.78, 5) is 19.1. The zero-order chi connectivity index (χ0) is 18.2. The second-order valence-electron chi connectivity index (χ2n) is 6.64. The van der Waals surface area contributed by atoms with Crippen LogP contribution >= 0.6 is 0 Å². The molecule has 0 bridgehead atoms. The summed E-state index contributed by atoms with van der Waals surface area (Å²) in [5.41, 5.74) is 1.29. The predicted molar refractivity (Wildman–Crippen MR) is 99.5 cm³/mol. The predicted octanol–water partition coefficient (Wildman–Crippen LogP) is 2.47. The Hall–Kier alpha value is -2.32. The van der Waals surface area contributed by atoms with Crippen LogP contribution in [0.15, 0.2) is 42.1 Å². The second-order valence-corrected chi connectivity index (χ2v) is 6.64. The topological polar surface area (TPSA) is 50.6 Å². The van der Waals surface area contributed by atoms with Gasteiger partial charge in [0.05, 0.1) is 0 Å². The van der Waals surface area contributed by atoms with E-state index >= 15 is 0 Å². The summed E-state index contributed by atoms with van der Waals surface area (Å²) in [5.74, 6) is -0.195. The van der Waals surface area contributed by atoms with Gasteiger partial charge in [-0.15, -0.1) is 0 Å². The van der Waals surface area contributed by atoms with Crippen molar-refractivity contribution in [2.24, 2.45) is 0 Å². The minimum atomic E-state index is -0.195. The molecule has 0 saturated carbocycles. The maximum atomic E-state index is 12.9. The van der Waals surface area contributed by atoms with Gasteiger partial charge in [0.2, 0.25) is 0 Å². The van der Waals surface area contributed by atoms with Crippen LogP contribution in [0.2, 0.25) is 0 Å². The van der Waals surface area contributed by atoms with Crippen LogP contribution in [0.3, 0.4) is 0 Å². The van der Waals surface area contributed by atoms with E-state index < -0.39 is 0 Å². The Morgan fingerprint density at radius 3 is 2.40 bits per heavy atom. The Morgan fingerprint density at radius 1 is 1.24 bits per heavy atom. The number of carbonyl (C=O) groups excluding carboxylic acids is 1. The standard InChI is InChI=1S/C20H28N4O/c1-4-22-10-12-23(13-11-22)16-19(14-21)20(25)24(17(2)3)15-18-8-6-5-7-9-18/h5-9,16-17H,4,10-13,15H2,1-3H3/b19-16-. The zero-order valence-electron chi connectivity index (χ0n) is 15.5.